The minimum absolute atomic E-state index is 0.0125. The lowest BCUT2D eigenvalue weighted by Crippen LogP contribution is -2.52. The zero-order chi connectivity index (χ0) is 20.5. The third-order valence-corrected chi connectivity index (χ3v) is 5.79. The molecule has 1 saturated carbocycles. The Morgan fingerprint density at radius 3 is 2.28 bits per heavy atom. The average Bonchev–Trinajstić information content (AvgIpc) is 2.74. The van der Waals surface area contributed by atoms with Crippen molar-refractivity contribution >= 4 is 23.4 Å². The fraction of sp³-hybridized carbons (Fsp3) is 0.591. The molecule has 1 aromatic rings. The van der Waals surface area contributed by atoms with Crippen LogP contribution < -0.4 is 10.6 Å². The molecule has 0 radical (unpaired) electrons. The monoisotopic (exact) mass is 400 g/mol. The van der Waals surface area contributed by atoms with Gasteiger partial charge in [-0.25, -0.2) is 0 Å². The number of hydrogen-bond acceptors (Lipinski definition) is 4. The highest BCUT2D eigenvalue weighted by Crippen LogP contribution is 2.26. The summed E-state index contributed by atoms with van der Waals surface area (Å²) in [4.78, 5) is 40.4. The Kier molecular flexibility index (Phi) is 8.04. The number of para-hydroxylation sites is 1. The van der Waals surface area contributed by atoms with Gasteiger partial charge in [0.1, 0.15) is 0 Å². The maximum atomic E-state index is 12.4. The molecule has 2 N–H and O–H groups in total. The number of nitrogens with zero attached hydrogens (tertiary/aromatic N) is 2. The van der Waals surface area contributed by atoms with Crippen molar-refractivity contribution in [3.8, 4) is 0 Å². The van der Waals surface area contributed by atoms with Crippen LogP contribution in [0.3, 0.4) is 0 Å². The second-order valence-corrected chi connectivity index (χ2v) is 8.06. The minimum atomic E-state index is -0.0500. The lowest BCUT2D eigenvalue weighted by atomic mass is 9.87. The van der Waals surface area contributed by atoms with E-state index in [0.717, 1.165) is 18.5 Å². The molecule has 7 heteroatoms. The second kappa shape index (κ2) is 11.0. The summed E-state index contributed by atoms with van der Waals surface area (Å²) in [7, 11) is 0. The van der Waals surface area contributed by atoms with E-state index >= 15 is 0 Å². The van der Waals surface area contributed by atoms with Crippen LogP contribution >= 0.6 is 0 Å². The Morgan fingerprint density at radius 1 is 0.897 bits per heavy atom. The molecule has 3 amide bonds. The summed E-state index contributed by atoms with van der Waals surface area (Å²) in [5.41, 5.74) is 0.787. The van der Waals surface area contributed by atoms with E-state index in [0.29, 0.717) is 45.1 Å². The fourth-order valence-electron chi connectivity index (χ4n) is 4.09. The van der Waals surface area contributed by atoms with E-state index in [1.165, 1.54) is 19.3 Å². The van der Waals surface area contributed by atoms with Crippen molar-refractivity contribution < 1.29 is 14.4 Å². The highest BCUT2D eigenvalue weighted by molar-refractivity contribution is 5.92. The zero-order valence-corrected chi connectivity index (χ0v) is 17.1. The maximum absolute atomic E-state index is 12.4. The number of carbonyl (C=O) groups excluding carboxylic acids is 3. The Hall–Kier alpha value is -2.41. The first kappa shape index (κ1) is 21.3. The van der Waals surface area contributed by atoms with E-state index in [1.54, 1.807) is 4.90 Å². The zero-order valence-electron chi connectivity index (χ0n) is 17.1. The van der Waals surface area contributed by atoms with E-state index in [9.17, 15) is 14.4 Å². The van der Waals surface area contributed by atoms with Gasteiger partial charge in [-0.3, -0.25) is 19.3 Å². The fourth-order valence-corrected chi connectivity index (χ4v) is 4.09. The number of carbonyl (C=O) groups is 3. The predicted octanol–water partition coefficient (Wildman–Crippen LogP) is 1.86. The lowest BCUT2D eigenvalue weighted by molar-refractivity contribution is -0.134. The summed E-state index contributed by atoms with van der Waals surface area (Å²) >= 11 is 0. The van der Waals surface area contributed by atoms with E-state index in [-0.39, 0.29) is 24.3 Å². The molecule has 0 bridgehead atoms. The molecule has 1 saturated heterocycles. The molecule has 158 valence electrons. The van der Waals surface area contributed by atoms with Crippen LogP contribution in [-0.2, 0) is 14.4 Å². The van der Waals surface area contributed by atoms with Crippen molar-refractivity contribution in [1.82, 2.24) is 15.1 Å². The quantitative estimate of drug-likeness (QED) is 0.732. The Bertz CT molecular complexity index is 681. The molecular formula is C22H32N4O3. The van der Waals surface area contributed by atoms with Crippen molar-refractivity contribution in [2.45, 2.75) is 38.5 Å². The van der Waals surface area contributed by atoms with Gasteiger partial charge in [-0.05, 0) is 30.9 Å². The number of benzene rings is 1. The molecular weight excluding hydrogens is 368 g/mol. The molecule has 0 atom stereocenters. The van der Waals surface area contributed by atoms with Crippen LogP contribution in [-0.4, -0.2) is 66.8 Å². The SMILES string of the molecule is O=C(CC1CCCCC1)NCC(=O)N1CCN(CC(=O)Nc2ccccc2)CC1. The molecule has 0 spiro atoms. The molecule has 0 aromatic heterocycles. The number of rotatable bonds is 7. The van der Waals surface area contributed by atoms with Crippen molar-refractivity contribution in [2.24, 2.45) is 5.92 Å². The van der Waals surface area contributed by atoms with Crippen LogP contribution in [0.2, 0.25) is 0 Å². The van der Waals surface area contributed by atoms with Gasteiger partial charge >= 0.3 is 0 Å². The van der Waals surface area contributed by atoms with E-state index in [4.69, 9.17) is 0 Å². The number of anilines is 1. The third-order valence-electron chi connectivity index (χ3n) is 5.79. The van der Waals surface area contributed by atoms with Crippen molar-refractivity contribution in [2.75, 3.05) is 44.6 Å². The molecule has 2 fully saturated rings. The predicted molar refractivity (Wildman–Crippen MR) is 112 cm³/mol. The number of piperazine rings is 1. The van der Waals surface area contributed by atoms with Crippen molar-refractivity contribution in [3.63, 3.8) is 0 Å². The van der Waals surface area contributed by atoms with Gasteiger partial charge in [0.15, 0.2) is 0 Å². The number of hydrogen-bond donors (Lipinski definition) is 2. The molecule has 29 heavy (non-hydrogen) atoms. The van der Waals surface area contributed by atoms with Crippen molar-refractivity contribution in [1.29, 1.82) is 0 Å². The first-order valence-electron chi connectivity index (χ1n) is 10.7. The standard InChI is InChI=1S/C22H32N4O3/c27-20(15-18-7-3-1-4-8-18)23-16-22(29)26-13-11-25(12-14-26)17-21(28)24-19-9-5-2-6-10-19/h2,5-6,9-10,18H,1,3-4,7-8,11-17H2,(H,23,27)(H,24,28). The molecule has 0 unspecified atom stereocenters. The van der Waals surface area contributed by atoms with Gasteiger partial charge in [-0.2, -0.15) is 0 Å². The van der Waals surface area contributed by atoms with Gasteiger partial charge in [-0.1, -0.05) is 37.5 Å². The smallest absolute Gasteiger partial charge is 0.242 e. The summed E-state index contributed by atoms with van der Waals surface area (Å²) in [5.74, 6) is 0.368. The maximum Gasteiger partial charge on any atom is 0.242 e. The Labute approximate surface area is 172 Å². The van der Waals surface area contributed by atoms with Crippen LogP contribution in [0.25, 0.3) is 0 Å². The van der Waals surface area contributed by atoms with Crippen LogP contribution in [0.1, 0.15) is 38.5 Å². The minimum Gasteiger partial charge on any atom is -0.347 e. The summed E-state index contributed by atoms with van der Waals surface area (Å²) in [5, 5.41) is 5.67. The highest BCUT2D eigenvalue weighted by Gasteiger charge is 2.23. The van der Waals surface area contributed by atoms with E-state index < -0.39 is 0 Å². The molecule has 1 heterocycles. The third kappa shape index (κ3) is 7.16. The number of nitrogens with one attached hydrogen (secondary N) is 2. The molecule has 7 nitrogen and oxygen atoms in total. The van der Waals surface area contributed by atoms with Gasteiger partial charge in [0.05, 0.1) is 13.1 Å². The summed E-state index contributed by atoms with van der Waals surface area (Å²) < 4.78 is 0. The Morgan fingerprint density at radius 2 is 1.59 bits per heavy atom. The Balaban J connectivity index is 1.31. The van der Waals surface area contributed by atoms with E-state index in [1.807, 2.05) is 35.2 Å². The molecule has 2 aliphatic rings. The van der Waals surface area contributed by atoms with E-state index in [2.05, 4.69) is 10.6 Å². The molecule has 1 aliphatic carbocycles. The number of amides is 3. The van der Waals surface area contributed by atoms with Crippen LogP contribution in [0.15, 0.2) is 30.3 Å². The van der Waals surface area contributed by atoms with Gasteiger partial charge in [0.2, 0.25) is 17.7 Å². The highest BCUT2D eigenvalue weighted by atomic mass is 16.2. The van der Waals surface area contributed by atoms with Gasteiger partial charge in [0, 0.05) is 38.3 Å². The lowest BCUT2D eigenvalue weighted by Gasteiger charge is -2.34. The van der Waals surface area contributed by atoms with Crippen LogP contribution in [0.4, 0.5) is 5.69 Å². The van der Waals surface area contributed by atoms with Crippen LogP contribution in [0, 0.1) is 5.92 Å². The van der Waals surface area contributed by atoms with Gasteiger partial charge < -0.3 is 15.5 Å². The van der Waals surface area contributed by atoms with Crippen LogP contribution in [0.5, 0.6) is 0 Å². The van der Waals surface area contributed by atoms with Gasteiger partial charge in [-0.15, -0.1) is 0 Å². The molecule has 3 rings (SSSR count). The average molecular weight is 401 g/mol. The summed E-state index contributed by atoms with van der Waals surface area (Å²) in [6, 6.07) is 9.39. The van der Waals surface area contributed by atoms with Crippen molar-refractivity contribution in [3.05, 3.63) is 30.3 Å². The summed E-state index contributed by atoms with van der Waals surface area (Å²) in [6.45, 7) is 2.86. The van der Waals surface area contributed by atoms with Gasteiger partial charge in [0.25, 0.3) is 0 Å². The summed E-state index contributed by atoms with van der Waals surface area (Å²) in [6.07, 6.45) is 6.49. The topological polar surface area (TPSA) is 81.8 Å². The second-order valence-electron chi connectivity index (χ2n) is 8.06. The first-order valence-corrected chi connectivity index (χ1v) is 10.7. The first-order chi connectivity index (χ1) is 14.1. The normalized spacial score (nSPS) is 18.3. The molecule has 1 aromatic carbocycles. The largest absolute Gasteiger partial charge is 0.347 e. The molecule has 1 aliphatic heterocycles.